The summed E-state index contributed by atoms with van der Waals surface area (Å²) in [5, 5.41) is 4.94. The van der Waals surface area contributed by atoms with Gasteiger partial charge < -0.3 is 0 Å². The first-order valence-electron chi connectivity index (χ1n) is 5.73. The summed E-state index contributed by atoms with van der Waals surface area (Å²) in [4.78, 5) is 4.27. The molecule has 0 radical (unpaired) electrons. The van der Waals surface area contributed by atoms with E-state index in [9.17, 15) is 0 Å². The Morgan fingerprint density at radius 2 is 1.94 bits per heavy atom. The Bertz CT molecular complexity index is 731. The van der Waals surface area contributed by atoms with E-state index in [0.717, 1.165) is 22.6 Å². The zero-order valence-electron chi connectivity index (χ0n) is 10.2. The van der Waals surface area contributed by atoms with Crippen LogP contribution in [0.25, 0.3) is 16.9 Å². The third kappa shape index (κ3) is 1.87. The van der Waals surface area contributed by atoms with Gasteiger partial charge in [-0.3, -0.25) is 0 Å². The number of aromatic nitrogens is 3. The SMILES string of the molecule is Cc1cccc(-c2cc(Cl)nc3cc(C)nn23)c1. The number of benzene rings is 1. The lowest BCUT2D eigenvalue weighted by Gasteiger charge is -2.06. The van der Waals surface area contributed by atoms with Gasteiger partial charge in [0.15, 0.2) is 5.65 Å². The highest BCUT2D eigenvalue weighted by atomic mass is 35.5. The van der Waals surface area contributed by atoms with Crippen LogP contribution in [0.1, 0.15) is 11.3 Å². The van der Waals surface area contributed by atoms with Crippen molar-refractivity contribution >= 4 is 17.2 Å². The van der Waals surface area contributed by atoms with Gasteiger partial charge in [0.2, 0.25) is 0 Å². The van der Waals surface area contributed by atoms with Gasteiger partial charge in [-0.2, -0.15) is 5.10 Å². The fraction of sp³-hybridized carbons (Fsp3) is 0.143. The van der Waals surface area contributed by atoms with E-state index in [1.807, 2.05) is 29.6 Å². The van der Waals surface area contributed by atoms with E-state index in [2.05, 4.69) is 35.2 Å². The third-order valence-corrected chi connectivity index (χ3v) is 3.03. The van der Waals surface area contributed by atoms with Gasteiger partial charge in [-0.25, -0.2) is 9.50 Å². The Labute approximate surface area is 110 Å². The standard InChI is InChI=1S/C14H12ClN3/c1-9-4-3-5-11(6-9)12-8-13(15)16-14-7-10(2)17-18(12)14/h3-8H,1-2H3. The average Bonchev–Trinajstić information content (AvgIpc) is 2.68. The van der Waals surface area contributed by atoms with Crippen LogP contribution in [-0.4, -0.2) is 14.6 Å². The van der Waals surface area contributed by atoms with Gasteiger partial charge in [0.25, 0.3) is 0 Å². The molecule has 0 unspecified atom stereocenters. The van der Waals surface area contributed by atoms with Gasteiger partial charge in [0.1, 0.15) is 5.15 Å². The number of rotatable bonds is 1. The Hall–Kier alpha value is -1.87. The predicted octanol–water partition coefficient (Wildman–Crippen LogP) is 3.67. The molecule has 0 spiro atoms. The molecule has 2 aromatic heterocycles. The number of halogens is 1. The number of nitrogens with zero attached hydrogens (tertiary/aromatic N) is 3. The number of fused-ring (bicyclic) bond motifs is 1. The molecule has 0 bridgehead atoms. The van der Waals surface area contributed by atoms with Crippen molar-refractivity contribution in [3.8, 4) is 11.3 Å². The first kappa shape index (κ1) is 11.2. The normalized spacial score (nSPS) is 11.1. The highest BCUT2D eigenvalue weighted by molar-refractivity contribution is 6.29. The maximum absolute atomic E-state index is 6.07. The number of aryl methyl sites for hydroxylation is 2. The fourth-order valence-electron chi connectivity index (χ4n) is 2.07. The van der Waals surface area contributed by atoms with E-state index in [1.54, 1.807) is 0 Å². The maximum atomic E-state index is 6.07. The number of hydrogen-bond acceptors (Lipinski definition) is 2. The van der Waals surface area contributed by atoms with Gasteiger partial charge in [-0.05, 0) is 19.9 Å². The topological polar surface area (TPSA) is 30.2 Å². The first-order chi connectivity index (χ1) is 8.63. The minimum Gasteiger partial charge on any atom is -0.217 e. The van der Waals surface area contributed by atoms with Gasteiger partial charge >= 0.3 is 0 Å². The van der Waals surface area contributed by atoms with E-state index in [4.69, 9.17) is 11.6 Å². The molecule has 3 rings (SSSR count). The van der Waals surface area contributed by atoms with Crippen molar-refractivity contribution in [2.24, 2.45) is 0 Å². The lowest BCUT2D eigenvalue weighted by Crippen LogP contribution is -1.96. The Morgan fingerprint density at radius 3 is 2.72 bits per heavy atom. The van der Waals surface area contributed by atoms with Crippen molar-refractivity contribution in [3.63, 3.8) is 0 Å². The Kier molecular flexibility index (Phi) is 2.56. The molecule has 0 amide bonds. The minimum atomic E-state index is 0.485. The molecule has 0 N–H and O–H groups in total. The van der Waals surface area contributed by atoms with Gasteiger partial charge in [0, 0.05) is 17.7 Å². The van der Waals surface area contributed by atoms with E-state index >= 15 is 0 Å². The summed E-state index contributed by atoms with van der Waals surface area (Å²) in [6, 6.07) is 12.0. The quantitative estimate of drug-likeness (QED) is 0.623. The van der Waals surface area contributed by atoms with Crippen molar-refractivity contribution in [2.45, 2.75) is 13.8 Å². The zero-order valence-corrected chi connectivity index (χ0v) is 10.9. The molecular formula is C14H12ClN3. The van der Waals surface area contributed by atoms with Crippen LogP contribution in [0, 0.1) is 13.8 Å². The molecule has 2 heterocycles. The maximum Gasteiger partial charge on any atom is 0.157 e. The Morgan fingerprint density at radius 1 is 1.11 bits per heavy atom. The van der Waals surface area contributed by atoms with Crippen molar-refractivity contribution in [3.05, 3.63) is 52.8 Å². The second-order valence-electron chi connectivity index (χ2n) is 4.39. The van der Waals surface area contributed by atoms with Crippen LogP contribution in [0.5, 0.6) is 0 Å². The van der Waals surface area contributed by atoms with Crippen LogP contribution in [-0.2, 0) is 0 Å². The van der Waals surface area contributed by atoms with Crippen LogP contribution in [0.4, 0.5) is 0 Å². The van der Waals surface area contributed by atoms with Crippen LogP contribution >= 0.6 is 11.6 Å². The van der Waals surface area contributed by atoms with E-state index in [-0.39, 0.29) is 0 Å². The molecule has 90 valence electrons. The smallest absolute Gasteiger partial charge is 0.157 e. The summed E-state index contributed by atoms with van der Waals surface area (Å²) in [6.07, 6.45) is 0. The third-order valence-electron chi connectivity index (χ3n) is 2.83. The summed E-state index contributed by atoms with van der Waals surface area (Å²) in [7, 11) is 0. The van der Waals surface area contributed by atoms with E-state index in [0.29, 0.717) is 5.15 Å². The van der Waals surface area contributed by atoms with Crippen molar-refractivity contribution in [1.29, 1.82) is 0 Å². The zero-order chi connectivity index (χ0) is 12.7. The van der Waals surface area contributed by atoms with Crippen LogP contribution in [0.2, 0.25) is 5.15 Å². The molecule has 0 fully saturated rings. The molecule has 0 atom stereocenters. The molecule has 0 saturated carbocycles. The lowest BCUT2D eigenvalue weighted by molar-refractivity contribution is 0.925. The van der Waals surface area contributed by atoms with Crippen molar-refractivity contribution in [2.75, 3.05) is 0 Å². The van der Waals surface area contributed by atoms with Gasteiger partial charge in [-0.15, -0.1) is 0 Å². The molecular weight excluding hydrogens is 246 g/mol. The summed E-state index contributed by atoms with van der Waals surface area (Å²) in [5.41, 5.74) is 4.96. The highest BCUT2D eigenvalue weighted by Crippen LogP contribution is 2.24. The summed E-state index contributed by atoms with van der Waals surface area (Å²) < 4.78 is 1.83. The number of hydrogen-bond donors (Lipinski definition) is 0. The van der Waals surface area contributed by atoms with Crippen LogP contribution < -0.4 is 0 Å². The largest absolute Gasteiger partial charge is 0.217 e. The average molecular weight is 258 g/mol. The van der Waals surface area contributed by atoms with Crippen molar-refractivity contribution < 1.29 is 0 Å². The molecule has 18 heavy (non-hydrogen) atoms. The molecule has 0 aliphatic carbocycles. The summed E-state index contributed by atoms with van der Waals surface area (Å²) >= 11 is 6.07. The van der Waals surface area contributed by atoms with Gasteiger partial charge in [0.05, 0.1) is 11.4 Å². The van der Waals surface area contributed by atoms with Crippen LogP contribution in [0.15, 0.2) is 36.4 Å². The molecule has 3 nitrogen and oxygen atoms in total. The van der Waals surface area contributed by atoms with E-state index < -0.39 is 0 Å². The van der Waals surface area contributed by atoms with Gasteiger partial charge in [-0.1, -0.05) is 35.4 Å². The Balaban J connectivity index is 2.34. The minimum absolute atomic E-state index is 0.485. The predicted molar refractivity (Wildman–Crippen MR) is 72.9 cm³/mol. The monoisotopic (exact) mass is 257 g/mol. The van der Waals surface area contributed by atoms with Crippen LogP contribution in [0.3, 0.4) is 0 Å². The molecule has 1 aromatic carbocycles. The lowest BCUT2D eigenvalue weighted by atomic mass is 10.1. The molecule has 4 heteroatoms. The second kappa shape index (κ2) is 4.10. The fourth-order valence-corrected chi connectivity index (χ4v) is 2.26. The van der Waals surface area contributed by atoms with E-state index in [1.165, 1.54) is 5.56 Å². The summed E-state index contributed by atoms with van der Waals surface area (Å²) in [6.45, 7) is 4.01. The highest BCUT2D eigenvalue weighted by Gasteiger charge is 2.09. The van der Waals surface area contributed by atoms with Crippen molar-refractivity contribution in [1.82, 2.24) is 14.6 Å². The summed E-state index contributed by atoms with van der Waals surface area (Å²) in [5.74, 6) is 0. The molecule has 3 aromatic rings. The molecule has 0 aliphatic rings. The second-order valence-corrected chi connectivity index (χ2v) is 4.78. The molecule has 0 aliphatic heterocycles. The molecule has 0 saturated heterocycles. The first-order valence-corrected chi connectivity index (χ1v) is 6.11.